The normalized spacial score (nSPS) is 11.9. The molecule has 5 heteroatoms. The van der Waals surface area contributed by atoms with E-state index >= 15 is 0 Å². The number of carbonyl (C=O) groups is 1. The molecule has 1 amide bonds. The molecule has 2 rings (SSSR count). The van der Waals surface area contributed by atoms with E-state index in [1.807, 2.05) is 19.1 Å². The van der Waals surface area contributed by atoms with E-state index in [1.54, 1.807) is 18.3 Å². The summed E-state index contributed by atoms with van der Waals surface area (Å²) in [6.45, 7) is 2.00. The molecule has 0 aliphatic heterocycles. The molecule has 1 heterocycles. The molecule has 0 aliphatic carbocycles. The summed E-state index contributed by atoms with van der Waals surface area (Å²) in [5.74, 6) is -0.0855. The van der Waals surface area contributed by atoms with Gasteiger partial charge in [0.05, 0.1) is 0 Å². The van der Waals surface area contributed by atoms with Crippen LogP contribution in [0.25, 0.3) is 0 Å². The van der Waals surface area contributed by atoms with Crippen molar-refractivity contribution in [2.75, 3.05) is 0 Å². The molecule has 1 atom stereocenters. The van der Waals surface area contributed by atoms with Gasteiger partial charge < -0.3 is 5.32 Å². The average Bonchev–Trinajstić information content (AvgIpc) is 2.41. The molecular formula is C15H14Br2N2O. The Morgan fingerprint density at radius 1 is 1.25 bits per heavy atom. The van der Waals surface area contributed by atoms with Gasteiger partial charge in [-0.1, -0.05) is 28.1 Å². The number of pyridine rings is 1. The molecule has 1 aromatic heterocycles. The Bertz CT molecular complexity index is 599. The van der Waals surface area contributed by atoms with Crippen LogP contribution in [0.4, 0.5) is 0 Å². The maximum atomic E-state index is 12.1. The number of nitrogens with zero attached hydrogens (tertiary/aromatic N) is 1. The summed E-state index contributed by atoms with van der Waals surface area (Å²) in [5, 5.41) is 2.99. The highest BCUT2D eigenvalue weighted by atomic mass is 79.9. The van der Waals surface area contributed by atoms with Crippen molar-refractivity contribution >= 4 is 37.8 Å². The molecule has 0 aliphatic rings. The SMILES string of the molecule is CC(Cc1ccc(Br)cc1)NC(=O)c1ccnc(Br)c1. The first-order chi connectivity index (χ1) is 9.54. The molecule has 0 radical (unpaired) electrons. The maximum Gasteiger partial charge on any atom is 0.251 e. The summed E-state index contributed by atoms with van der Waals surface area (Å²) in [4.78, 5) is 16.1. The Balaban J connectivity index is 1.95. The number of rotatable bonds is 4. The van der Waals surface area contributed by atoms with E-state index in [0.29, 0.717) is 10.2 Å². The fourth-order valence-electron chi connectivity index (χ4n) is 1.88. The minimum Gasteiger partial charge on any atom is -0.349 e. The minimum absolute atomic E-state index is 0.0654. The van der Waals surface area contributed by atoms with Crippen molar-refractivity contribution in [2.45, 2.75) is 19.4 Å². The summed E-state index contributed by atoms with van der Waals surface area (Å²) in [6.07, 6.45) is 2.41. The molecule has 2 aromatic rings. The van der Waals surface area contributed by atoms with Crippen molar-refractivity contribution in [1.82, 2.24) is 10.3 Å². The highest BCUT2D eigenvalue weighted by Gasteiger charge is 2.10. The largest absolute Gasteiger partial charge is 0.349 e. The first-order valence-corrected chi connectivity index (χ1v) is 7.80. The van der Waals surface area contributed by atoms with Gasteiger partial charge >= 0.3 is 0 Å². The number of benzene rings is 1. The molecular weight excluding hydrogens is 384 g/mol. The molecule has 20 heavy (non-hydrogen) atoms. The molecule has 0 bridgehead atoms. The number of amides is 1. The van der Waals surface area contributed by atoms with E-state index in [0.717, 1.165) is 10.9 Å². The Hall–Kier alpha value is -1.20. The molecule has 0 saturated carbocycles. The lowest BCUT2D eigenvalue weighted by atomic mass is 10.1. The van der Waals surface area contributed by atoms with Gasteiger partial charge in [-0.25, -0.2) is 4.98 Å². The van der Waals surface area contributed by atoms with Crippen LogP contribution in [-0.2, 0) is 6.42 Å². The van der Waals surface area contributed by atoms with Crippen molar-refractivity contribution in [3.05, 3.63) is 62.8 Å². The average molecular weight is 398 g/mol. The Morgan fingerprint density at radius 3 is 2.60 bits per heavy atom. The van der Waals surface area contributed by atoms with Gasteiger partial charge in [0.15, 0.2) is 0 Å². The predicted octanol–water partition coefficient (Wildman–Crippen LogP) is 3.97. The van der Waals surface area contributed by atoms with E-state index in [9.17, 15) is 4.79 Å². The zero-order valence-electron chi connectivity index (χ0n) is 10.9. The topological polar surface area (TPSA) is 42.0 Å². The smallest absolute Gasteiger partial charge is 0.251 e. The molecule has 1 unspecified atom stereocenters. The van der Waals surface area contributed by atoms with Crippen LogP contribution in [-0.4, -0.2) is 16.9 Å². The van der Waals surface area contributed by atoms with E-state index in [4.69, 9.17) is 0 Å². The van der Waals surface area contributed by atoms with Gasteiger partial charge in [0.25, 0.3) is 5.91 Å². The third-order valence-corrected chi connectivity index (χ3v) is 3.78. The minimum atomic E-state index is -0.0855. The standard InChI is InChI=1S/C15H14Br2N2O/c1-10(8-11-2-4-13(16)5-3-11)19-15(20)12-6-7-18-14(17)9-12/h2-7,9-10H,8H2,1H3,(H,19,20). The lowest BCUT2D eigenvalue weighted by Crippen LogP contribution is -2.34. The number of carbonyl (C=O) groups excluding carboxylic acids is 1. The quantitative estimate of drug-likeness (QED) is 0.793. The fraction of sp³-hybridized carbons (Fsp3) is 0.200. The van der Waals surface area contributed by atoms with Gasteiger partial charge in [-0.15, -0.1) is 0 Å². The molecule has 0 spiro atoms. The zero-order chi connectivity index (χ0) is 14.5. The second kappa shape index (κ2) is 6.99. The van der Waals surface area contributed by atoms with Gasteiger partial charge in [0.2, 0.25) is 0 Å². The third kappa shape index (κ3) is 4.42. The summed E-state index contributed by atoms with van der Waals surface area (Å²) in [5.41, 5.74) is 1.80. The van der Waals surface area contributed by atoms with Crippen LogP contribution >= 0.6 is 31.9 Å². The zero-order valence-corrected chi connectivity index (χ0v) is 14.1. The van der Waals surface area contributed by atoms with E-state index < -0.39 is 0 Å². The summed E-state index contributed by atoms with van der Waals surface area (Å²) >= 11 is 6.67. The second-order valence-corrected chi connectivity index (χ2v) is 6.30. The van der Waals surface area contributed by atoms with Crippen molar-refractivity contribution in [3.63, 3.8) is 0 Å². The van der Waals surface area contributed by atoms with Gasteiger partial charge in [-0.2, -0.15) is 0 Å². The van der Waals surface area contributed by atoms with Crippen LogP contribution in [0.1, 0.15) is 22.8 Å². The molecule has 104 valence electrons. The molecule has 1 aromatic carbocycles. The third-order valence-electron chi connectivity index (χ3n) is 2.82. The Morgan fingerprint density at radius 2 is 1.95 bits per heavy atom. The van der Waals surface area contributed by atoms with Crippen LogP contribution in [0, 0.1) is 0 Å². The van der Waals surface area contributed by atoms with Gasteiger partial charge in [-0.3, -0.25) is 4.79 Å². The molecule has 1 N–H and O–H groups in total. The number of hydrogen-bond donors (Lipinski definition) is 1. The lowest BCUT2D eigenvalue weighted by Gasteiger charge is -2.14. The number of nitrogens with one attached hydrogen (secondary N) is 1. The summed E-state index contributed by atoms with van der Waals surface area (Å²) in [7, 11) is 0. The monoisotopic (exact) mass is 396 g/mol. The fourth-order valence-corrected chi connectivity index (χ4v) is 2.51. The van der Waals surface area contributed by atoms with Crippen molar-refractivity contribution < 1.29 is 4.79 Å². The first kappa shape index (κ1) is 15.2. The van der Waals surface area contributed by atoms with Gasteiger partial charge in [0.1, 0.15) is 4.60 Å². The highest BCUT2D eigenvalue weighted by molar-refractivity contribution is 9.10. The summed E-state index contributed by atoms with van der Waals surface area (Å²) < 4.78 is 1.71. The predicted molar refractivity (Wildman–Crippen MR) is 86.7 cm³/mol. The van der Waals surface area contributed by atoms with E-state index in [-0.39, 0.29) is 11.9 Å². The van der Waals surface area contributed by atoms with Crippen molar-refractivity contribution in [1.29, 1.82) is 0 Å². The molecule has 0 fully saturated rings. The maximum absolute atomic E-state index is 12.1. The van der Waals surface area contributed by atoms with Crippen molar-refractivity contribution in [2.24, 2.45) is 0 Å². The number of hydrogen-bond acceptors (Lipinski definition) is 2. The van der Waals surface area contributed by atoms with Crippen LogP contribution in [0.3, 0.4) is 0 Å². The molecule has 0 saturated heterocycles. The van der Waals surface area contributed by atoms with E-state index in [1.165, 1.54) is 5.56 Å². The summed E-state index contributed by atoms with van der Waals surface area (Å²) in [6, 6.07) is 11.6. The lowest BCUT2D eigenvalue weighted by molar-refractivity contribution is 0.0940. The van der Waals surface area contributed by atoms with Crippen LogP contribution in [0.15, 0.2) is 51.7 Å². The Labute approximate surface area is 135 Å². The van der Waals surface area contributed by atoms with E-state index in [2.05, 4.69) is 54.3 Å². The van der Waals surface area contributed by atoms with Crippen LogP contribution < -0.4 is 5.32 Å². The van der Waals surface area contributed by atoms with Crippen LogP contribution in [0.2, 0.25) is 0 Å². The Kier molecular flexibility index (Phi) is 5.31. The van der Waals surface area contributed by atoms with Gasteiger partial charge in [0, 0.05) is 22.3 Å². The first-order valence-electron chi connectivity index (χ1n) is 6.21. The van der Waals surface area contributed by atoms with Gasteiger partial charge in [-0.05, 0) is 59.1 Å². The number of aromatic nitrogens is 1. The molecule has 3 nitrogen and oxygen atoms in total. The number of halogens is 2. The highest BCUT2D eigenvalue weighted by Crippen LogP contribution is 2.12. The van der Waals surface area contributed by atoms with Crippen LogP contribution in [0.5, 0.6) is 0 Å². The second-order valence-electron chi connectivity index (χ2n) is 4.57. The van der Waals surface area contributed by atoms with Crippen molar-refractivity contribution in [3.8, 4) is 0 Å².